The van der Waals surface area contributed by atoms with Crippen LogP contribution in [0.15, 0.2) is 18.5 Å². The van der Waals surface area contributed by atoms with Crippen LogP contribution in [-0.4, -0.2) is 19.0 Å². The van der Waals surface area contributed by atoms with Gasteiger partial charge in [0.25, 0.3) is 0 Å². The molecule has 0 bridgehead atoms. The predicted octanol–water partition coefficient (Wildman–Crippen LogP) is 2.61. The molecule has 94 valence electrons. The first-order valence-corrected chi connectivity index (χ1v) is 9.38. The second kappa shape index (κ2) is 4.60. The number of aromatic nitrogens is 1. The Hall–Kier alpha value is -1.16. The Kier molecular flexibility index (Phi) is 3.77. The summed E-state index contributed by atoms with van der Waals surface area (Å²) in [5.74, 6) is 0.0446. The molecule has 17 heavy (non-hydrogen) atoms. The molecule has 0 aromatic carbocycles. The van der Waals surface area contributed by atoms with Gasteiger partial charge < -0.3 is 5.32 Å². The molecule has 0 spiro atoms. The van der Waals surface area contributed by atoms with Crippen molar-refractivity contribution in [3.63, 3.8) is 0 Å². The average Bonchev–Trinajstić information content (AvgIpc) is 2.15. The molecular weight excluding hydrogens is 228 g/mol. The molecule has 4 heteroatoms. The zero-order valence-corrected chi connectivity index (χ0v) is 12.6. The largest absolute Gasteiger partial charge is 0.326 e. The maximum absolute atomic E-state index is 12.0. The van der Waals surface area contributed by atoms with Gasteiger partial charge in [-0.05, 0) is 11.3 Å². The number of anilines is 1. The summed E-state index contributed by atoms with van der Waals surface area (Å²) in [5.41, 5.74) is 0.541. The van der Waals surface area contributed by atoms with Crippen molar-refractivity contribution in [2.45, 2.75) is 40.4 Å². The van der Waals surface area contributed by atoms with Crippen LogP contribution in [0, 0.1) is 5.41 Å². The molecule has 0 saturated heterocycles. The molecule has 3 nitrogen and oxygen atoms in total. The Labute approximate surface area is 105 Å². The molecule has 1 rings (SSSR count). The van der Waals surface area contributed by atoms with Crippen LogP contribution in [0.3, 0.4) is 0 Å². The molecule has 0 saturated carbocycles. The summed E-state index contributed by atoms with van der Waals surface area (Å²) in [4.78, 5) is 16.2. The lowest BCUT2D eigenvalue weighted by molar-refractivity contribution is -0.123. The van der Waals surface area contributed by atoms with E-state index < -0.39 is 8.07 Å². The number of nitrogens with zero attached hydrogens (tertiary/aromatic N) is 1. The first-order valence-electron chi connectivity index (χ1n) is 5.88. The first kappa shape index (κ1) is 13.9. The topological polar surface area (TPSA) is 42.0 Å². The molecule has 0 aliphatic rings. The van der Waals surface area contributed by atoms with Crippen LogP contribution < -0.4 is 10.5 Å². The molecule has 0 fully saturated rings. The maximum atomic E-state index is 12.0. The van der Waals surface area contributed by atoms with E-state index in [0.29, 0.717) is 0 Å². The van der Waals surface area contributed by atoms with Crippen molar-refractivity contribution < 1.29 is 4.79 Å². The lowest BCUT2D eigenvalue weighted by Gasteiger charge is -2.23. The molecule has 0 atom stereocenters. The van der Waals surface area contributed by atoms with E-state index in [-0.39, 0.29) is 11.3 Å². The van der Waals surface area contributed by atoms with Gasteiger partial charge in [-0.1, -0.05) is 40.4 Å². The Morgan fingerprint density at radius 1 is 1.29 bits per heavy atom. The van der Waals surface area contributed by atoms with Gasteiger partial charge in [-0.25, -0.2) is 0 Å². The zero-order chi connectivity index (χ0) is 13.3. The smallest absolute Gasteiger partial charge is 0.229 e. The van der Waals surface area contributed by atoms with E-state index >= 15 is 0 Å². The van der Waals surface area contributed by atoms with Gasteiger partial charge in [0.2, 0.25) is 5.91 Å². The second-order valence-corrected chi connectivity index (χ2v) is 11.4. The van der Waals surface area contributed by atoms with Crippen molar-refractivity contribution in [2.75, 3.05) is 5.32 Å². The highest BCUT2D eigenvalue weighted by Gasteiger charge is 2.25. The minimum Gasteiger partial charge on any atom is -0.326 e. The summed E-state index contributed by atoms with van der Waals surface area (Å²) < 4.78 is 0. The minimum absolute atomic E-state index is 0.0446. The van der Waals surface area contributed by atoms with E-state index in [1.165, 1.54) is 5.19 Å². The lowest BCUT2D eigenvalue weighted by Crippen LogP contribution is -2.41. The Morgan fingerprint density at radius 3 is 2.35 bits per heavy atom. The SMILES string of the molecule is CC(C)(C)C(=O)Nc1ccncc1[Si](C)(C)C. The van der Waals surface area contributed by atoms with Crippen LogP contribution in [0.1, 0.15) is 20.8 Å². The molecule has 0 aliphatic carbocycles. The van der Waals surface area contributed by atoms with Gasteiger partial charge in [-0.2, -0.15) is 0 Å². The molecule has 1 amide bonds. The van der Waals surface area contributed by atoms with Gasteiger partial charge in [-0.15, -0.1) is 0 Å². The highest BCUT2D eigenvalue weighted by atomic mass is 28.3. The van der Waals surface area contributed by atoms with Gasteiger partial charge in [0.15, 0.2) is 0 Å². The van der Waals surface area contributed by atoms with Crippen molar-refractivity contribution in [2.24, 2.45) is 5.41 Å². The molecule has 0 unspecified atom stereocenters. The number of hydrogen-bond donors (Lipinski definition) is 1. The summed E-state index contributed by atoms with van der Waals surface area (Å²) in [6, 6.07) is 1.89. The van der Waals surface area contributed by atoms with E-state index in [9.17, 15) is 4.79 Å². The fraction of sp³-hybridized carbons (Fsp3) is 0.538. The van der Waals surface area contributed by atoms with E-state index in [2.05, 4.69) is 29.9 Å². The van der Waals surface area contributed by atoms with Crippen LogP contribution in [-0.2, 0) is 4.79 Å². The normalized spacial score (nSPS) is 12.4. The second-order valence-electron chi connectivity index (χ2n) is 6.38. The Morgan fingerprint density at radius 2 is 1.88 bits per heavy atom. The van der Waals surface area contributed by atoms with Gasteiger partial charge in [0.05, 0.1) is 8.07 Å². The van der Waals surface area contributed by atoms with E-state index in [0.717, 1.165) is 5.69 Å². The summed E-state index contributed by atoms with van der Waals surface area (Å²) >= 11 is 0. The standard InChI is InChI=1S/C13H22N2OSi/c1-13(2,3)12(16)15-10-7-8-14-9-11(10)17(4,5)6/h7-9H,1-6H3,(H,14,15,16). The fourth-order valence-electron chi connectivity index (χ4n) is 1.41. The van der Waals surface area contributed by atoms with Crippen LogP contribution >= 0.6 is 0 Å². The number of carbonyl (C=O) groups is 1. The van der Waals surface area contributed by atoms with Crippen molar-refractivity contribution >= 4 is 24.9 Å². The number of carbonyl (C=O) groups excluding carboxylic acids is 1. The van der Waals surface area contributed by atoms with Crippen LogP contribution in [0.4, 0.5) is 5.69 Å². The van der Waals surface area contributed by atoms with Gasteiger partial charge >= 0.3 is 0 Å². The highest BCUT2D eigenvalue weighted by molar-refractivity contribution is 6.89. The molecule has 1 heterocycles. The molecular formula is C13H22N2OSi. The number of pyridine rings is 1. The van der Waals surface area contributed by atoms with Gasteiger partial charge in [0, 0.05) is 23.5 Å². The Balaban J connectivity index is 3.04. The number of hydrogen-bond acceptors (Lipinski definition) is 2. The van der Waals surface area contributed by atoms with Crippen LogP contribution in [0.2, 0.25) is 19.6 Å². The van der Waals surface area contributed by atoms with Gasteiger partial charge in [0.1, 0.15) is 0 Å². The number of rotatable bonds is 2. The zero-order valence-electron chi connectivity index (χ0n) is 11.6. The summed E-state index contributed by atoms with van der Waals surface area (Å²) in [6.07, 6.45) is 3.60. The third-order valence-corrected chi connectivity index (χ3v) is 4.57. The van der Waals surface area contributed by atoms with E-state index in [4.69, 9.17) is 0 Å². The quantitative estimate of drug-likeness (QED) is 0.820. The van der Waals surface area contributed by atoms with Crippen molar-refractivity contribution in [1.82, 2.24) is 4.98 Å². The summed E-state index contributed by atoms with van der Waals surface area (Å²) in [7, 11) is -1.48. The summed E-state index contributed by atoms with van der Waals surface area (Å²) in [5, 5.41) is 4.21. The van der Waals surface area contributed by atoms with Crippen molar-refractivity contribution in [3.8, 4) is 0 Å². The highest BCUT2D eigenvalue weighted by Crippen LogP contribution is 2.17. The monoisotopic (exact) mass is 250 g/mol. The lowest BCUT2D eigenvalue weighted by atomic mass is 9.95. The van der Waals surface area contributed by atoms with Crippen LogP contribution in [0.25, 0.3) is 0 Å². The maximum Gasteiger partial charge on any atom is 0.229 e. The first-order chi connectivity index (χ1) is 7.62. The van der Waals surface area contributed by atoms with Crippen molar-refractivity contribution in [3.05, 3.63) is 18.5 Å². The minimum atomic E-state index is -1.48. The Bertz CT molecular complexity index is 416. The molecule has 0 aliphatic heterocycles. The van der Waals surface area contributed by atoms with E-state index in [1.807, 2.05) is 33.0 Å². The molecule has 0 radical (unpaired) electrons. The fourth-order valence-corrected chi connectivity index (χ4v) is 2.83. The number of amides is 1. The number of nitrogens with one attached hydrogen (secondary N) is 1. The van der Waals surface area contributed by atoms with Crippen molar-refractivity contribution in [1.29, 1.82) is 0 Å². The third kappa shape index (κ3) is 3.66. The average molecular weight is 250 g/mol. The summed E-state index contributed by atoms with van der Waals surface area (Å²) in [6.45, 7) is 12.5. The van der Waals surface area contributed by atoms with Gasteiger partial charge in [-0.3, -0.25) is 9.78 Å². The van der Waals surface area contributed by atoms with E-state index in [1.54, 1.807) is 6.20 Å². The third-order valence-electron chi connectivity index (χ3n) is 2.56. The predicted molar refractivity (Wildman–Crippen MR) is 75.3 cm³/mol. The molecule has 1 N–H and O–H groups in total. The van der Waals surface area contributed by atoms with Crippen LogP contribution in [0.5, 0.6) is 0 Å². The molecule has 1 aromatic rings. The molecule has 1 aromatic heterocycles.